The zero-order valence-corrected chi connectivity index (χ0v) is 12.9. The largest absolute Gasteiger partial charge is 0.481 e. The van der Waals surface area contributed by atoms with Crippen molar-refractivity contribution in [2.45, 2.75) is 18.8 Å². The fraction of sp³-hybridized carbons (Fsp3) is 0.353. The van der Waals surface area contributed by atoms with Crippen LogP contribution in [0.5, 0.6) is 5.88 Å². The number of rotatable bonds is 3. The van der Waals surface area contributed by atoms with Crippen molar-refractivity contribution in [1.29, 1.82) is 0 Å². The predicted molar refractivity (Wildman–Crippen MR) is 82.9 cm³/mol. The van der Waals surface area contributed by atoms with Crippen LogP contribution in [0.15, 0.2) is 36.7 Å². The first-order chi connectivity index (χ1) is 11.2. The molecule has 0 radical (unpaired) electrons. The molecule has 0 saturated carbocycles. The Morgan fingerprint density at radius 2 is 1.96 bits per heavy atom. The topological polar surface area (TPSA) is 55.3 Å². The summed E-state index contributed by atoms with van der Waals surface area (Å²) >= 11 is 0. The molecule has 0 N–H and O–H groups in total. The van der Waals surface area contributed by atoms with E-state index in [-0.39, 0.29) is 11.6 Å². The molecular weight excluding hydrogens is 297 g/mol. The number of carbonyl (C=O) groups is 1. The Bertz CT molecular complexity index is 665. The highest BCUT2D eigenvalue weighted by Crippen LogP contribution is 2.28. The maximum absolute atomic E-state index is 12.9. The van der Waals surface area contributed by atoms with E-state index in [1.54, 1.807) is 12.0 Å². The molecule has 3 rings (SSSR count). The van der Waals surface area contributed by atoms with Gasteiger partial charge in [0.15, 0.2) is 0 Å². The number of pyridine rings is 2. The number of hydrogen-bond donors (Lipinski definition) is 0. The lowest BCUT2D eigenvalue weighted by Crippen LogP contribution is -2.38. The Hall–Kier alpha value is -2.50. The first kappa shape index (κ1) is 15.4. The molecule has 0 bridgehead atoms. The third-order valence-electron chi connectivity index (χ3n) is 4.17. The minimum Gasteiger partial charge on any atom is -0.481 e. The van der Waals surface area contributed by atoms with Crippen molar-refractivity contribution in [1.82, 2.24) is 14.9 Å². The SMILES string of the molecule is COc1ccc(C2CCN(C(=O)c3ccc(F)cn3)CC2)cn1. The highest BCUT2D eigenvalue weighted by Gasteiger charge is 2.25. The molecule has 0 aliphatic carbocycles. The van der Waals surface area contributed by atoms with Crippen molar-refractivity contribution in [2.24, 2.45) is 0 Å². The van der Waals surface area contributed by atoms with E-state index in [0.717, 1.165) is 24.6 Å². The molecule has 1 saturated heterocycles. The summed E-state index contributed by atoms with van der Waals surface area (Å²) in [5.74, 6) is 0.408. The van der Waals surface area contributed by atoms with Crippen LogP contribution in [0.4, 0.5) is 4.39 Å². The van der Waals surface area contributed by atoms with Gasteiger partial charge in [0.05, 0.1) is 13.3 Å². The molecule has 1 amide bonds. The van der Waals surface area contributed by atoms with Crippen molar-refractivity contribution in [3.05, 3.63) is 53.7 Å². The van der Waals surface area contributed by atoms with E-state index < -0.39 is 5.82 Å². The van der Waals surface area contributed by atoms with Gasteiger partial charge in [-0.25, -0.2) is 14.4 Å². The lowest BCUT2D eigenvalue weighted by molar-refractivity contribution is 0.0707. The van der Waals surface area contributed by atoms with Crippen LogP contribution >= 0.6 is 0 Å². The number of methoxy groups -OCH3 is 1. The highest BCUT2D eigenvalue weighted by atomic mass is 19.1. The van der Waals surface area contributed by atoms with Crippen LogP contribution in [0.25, 0.3) is 0 Å². The summed E-state index contributed by atoms with van der Waals surface area (Å²) in [6, 6.07) is 6.57. The normalized spacial score (nSPS) is 15.5. The zero-order valence-electron chi connectivity index (χ0n) is 12.9. The number of nitrogens with zero attached hydrogens (tertiary/aromatic N) is 3. The molecule has 5 nitrogen and oxygen atoms in total. The molecule has 23 heavy (non-hydrogen) atoms. The molecule has 0 spiro atoms. The number of aromatic nitrogens is 2. The lowest BCUT2D eigenvalue weighted by atomic mass is 9.90. The van der Waals surface area contributed by atoms with Gasteiger partial charge >= 0.3 is 0 Å². The Kier molecular flexibility index (Phi) is 4.50. The summed E-state index contributed by atoms with van der Waals surface area (Å²) in [6.45, 7) is 1.32. The van der Waals surface area contributed by atoms with Crippen LogP contribution in [0.3, 0.4) is 0 Å². The lowest BCUT2D eigenvalue weighted by Gasteiger charge is -2.32. The second-order valence-corrected chi connectivity index (χ2v) is 5.56. The van der Waals surface area contributed by atoms with Crippen molar-refractivity contribution in [3.63, 3.8) is 0 Å². The second kappa shape index (κ2) is 6.73. The molecule has 3 heterocycles. The molecule has 2 aromatic rings. The van der Waals surface area contributed by atoms with E-state index in [2.05, 4.69) is 9.97 Å². The predicted octanol–water partition coefficient (Wildman–Crippen LogP) is 2.64. The molecule has 0 unspecified atom stereocenters. The maximum Gasteiger partial charge on any atom is 0.272 e. The molecular formula is C17H18FN3O2. The van der Waals surface area contributed by atoms with Gasteiger partial charge in [0, 0.05) is 25.4 Å². The molecule has 1 fully saturated rings. The summed E-state index contributed by atoms with van der Waals surface area (Å²) in [7, 11) is 1.59. The standard InChI is InChI=1S/C17H18FN3O2/c1-23-16-5-2-13(10-20-16)12-6-8-21(9-7-12)17(22)15-4-3-14(18)11-19-15/h2-5,10-12H,6-9H2,1H3. The van der Waals surface area contributed by atoms with Gasteiger partial charge in [0.1, 0.15) is 11.5 Å². The van der Waals surface area contributed by atoms with Crippen LogP contribution in [0.2, 0.25) is 0 Å². The van der Waals surface area contributed by atoms with E-state index in [4.69, 9.17) is 4.74 Å². The Morgan fingerprint density at radius 3 is 2.52 bits per heavy atom. The number of halogens is 1. The number of ether oxygens (including phenoxy) is 1. The van der Waals surface area contributed by atoms with Crippen LogP contribution in [0.1, 0.15) is 34.8 Å². The van der Waals surface area contributed by atoms with Crippen molar-refractivity contribution < 1.29 is 13.9 Å². The van der Waals surface area contributed by atoms with Crippen LogP contribution in [0, 0.1) is 5.82 Å². The van der Waals surface area contributed by atoms with E-state index in [1.165, 1.54) is 12.1 Å². The van der Waals surface area contributed by atoms with Gasteiger partial charge in [-0.15, -0.1) is 0 Å². The zero-order chi connectivity index (χ0) is 16.2. The Labute approximate surface area is 134 Å². The van der Waals surface area contributed by atoms with Crippen molar-refractivity contribution in [2.75, 3.05) is 20.2 Å². The van der Waals surface area contributed by atoms with Gasteiger partial charge in [-0.2, -0.15) is 0 Å². The summed E-state index contributed by atoms with van der Waals surface area (Å²) in [4.78, 5) is 22.2. The summed E-state index contributed by atoms with van der Waals surface area (Å²) < 4.78 is 17.9. The second-order valence-electron chi connectivity index (χ2n) is 5.56. The number of amides is 1. The van der Waals surface area contributed by atoms with E-state index >= 15 is 0 Å². The quantitative estimate of drug-likeness (QED) is 0.874. The van der Waals surface area contributed by atoms with Gasteiger partial charge < -0.3 is 9.64 Å². The smallest absolute Gasteiger partial charge is 0.272 e. The van der Waals surface area contributed by atoms with Gasteiger partial charge in [-0.05, 0) is 36.5 Å². The molecule has 6 heteroatoms. The van der Waals surface area contributed by atoms with Crippen LogP contribution < -0.4 is 4.74 Å². The highest BCUT2D eigenvalue weighted by molar-refractivity contribution is 5.92. The maximum atomic E-state index is 12.9. The summed E-state index contributed by atoms with van der Waals surface area (Å²) in [6.07, 6.45) is 4.66. The monoisotopic (exact) mass is 315 g/mol. The Morgan fingerprint density at radius 1 is 1.17 bits per heavy atom. The van der Waals surface area contributed by atoms with Gasteiger partial charge in [0.2, 0.25) is 5.88 Å². The molecule has 1 aliphatic rings. The molecule has 1 aliphatic heterocycles. The number of likely N-dealkylation sites (tertiary alicyclic amines) is 1. The average Bonchev–Trinajstić information content (AvgIpc) is 2.62. The number of carbonyl (C=O) groups excluding carboxylic acids is 1. The minimum absolute atomic E-state index is 0.142. The Balaban J connectivity index is 1.61. The van der Waals surface area contributed by atoms with Gasteiger partial charge in [0.25, 0.3) is 5.91 Å². The number of hydrogen-bond acceptors (Lipinski definition) is 4. The average molecular weight is 315 g/mol. The third kappa shape index (κ3) is 3.47. The van der Waals surface area contributed by atoms with E-state index in [1.807, 2.05) is 18.3 Å². The number of piperidine rings is 1. The molecule has 0 atom stereocenters. The van der Waals surface area contributed by atoms with Crippen molar-refractivity contribution in [3.8, 4) is 5.88 Å². The third-order valence-corrected chi connectivity index (χ3v) is 4.17. The van der Waals surface area contributed by atoms with Crippen molar-refractivity contribution >= 4 is 5.91 Å². The minimum atomic E-state index is -0.438. The molecule has 120 valence electrons. The van der Waals surface area contributed by atoms with E-state index in [9.17, 15) is 9.18 Å². The first-order valence-corrected chi connectivity index (χ1v) is 7.58. The fourth-order valence-electron chi connectivity index (χ4n) is 2.83. The van der Waals surface area contributed by atoms with E-state index in [0.29, 0.717) is 24.9 Å². The van der Waals surface area contributed by atoms with Crippen LogP contribution in [-0.2, 0) is 0 Å². The van der Waals surface area contributed by atoms with Gasteiger partial charge in [-0.1, -0.05) is 6.07 Å². The molecule has 2 aromatic heterocycles. The first-order valence-electron chi connectivity index (χ1n) is 7.58. The summed E-state index contributed by atoms with van der Waals surface area (Å²) in [5, 5.41) is 0. The van der Waals surface area contributed by atoms with Crippen LogP contribution in [-0.4, -0.2) is 41.0 Å². The molecule has 0 aromatic carbocycles. The van der Waals surface area contributed by atoms with Gasteiger partial charge in [-0.3, -0.25) is 4.79 Å². The fourth-order valence-corrected chi connectivity index (χ4v) is 2.83. The summed E-state index contributed by atoms with van der Waals surface area (Å²) in [5.41, 5.74) is 1.45.